The van der Waals surface area contributed by atoms with Crippen molar-refractivity contribution >= 4 is 17.3 Å². The molecule has 0 heterocycles. The fourth-order valence-corrected chi connectivity index (χ4v) is 2.50. The molecule has 4 heteroatoms. The molecule has 0 atom stereocenters. The molecule has 0 radical (unpaired) electrons. The number of rotatable bonds is 4. The van der Waals surface area contributed by atoms with E-state index in [2.05, 4.69) is 0 Å². The lowest BCUT2D eigenvalue weighted by Crippen LogP contribution is -2.32. The molecule has 1 aliphatic carbocycles. The minimum atomic E-state index is 0.000327. The van der Waals surface area contributed by atoms with Gasteiger partial charge in [-0.1, -0.05) is 30.3 Å². The van der Waals surface area contributed by atoms with E-state index in [0.29, 0.717) is 29.5 Å². The molecule has 0 aromatic heterocycles. The maximum absolute atomic E-state index is 12.7. The van der Waals surface area contributed by atoms with Crippen LogP contribution in [0.2, 0.25) is 0 Å². The Balaban J connectivity index is 1.85. The molecule has 3 rings (SSSR count). The molecule has 1 aliphatic rings. The molecule has 4 N–H and O–H groups in total. The summed E-state index contributed by atoms with van der Waals surface area (Å²) in [6, 6.07) is 15.4. The van der Waals surface area contributed by atoms with E-state index < -0.39 is 0 Å². The first-order valence-corrected chi connectivity index (χ1v) is 7.14. The number of hydrogen-bond acceptors (Lipinski definition) is 3. The average molecular weight is 281 g/mol. The average Bonchev–Trinajstić information content (AvgIpc) is 3.29. The molecule has 21 heavy (non-hydrogen) atoms. The van der Waals surface area contributed by atoms with E-state index in [1.807, 2.05) is 35.2 Å². The van der Waals surface area contributed by atoms with E-state index in [1.165, 1.54) is 0 Å². The number of nitrogen functional groups attached to an aromatic ring is 2. The number of carbonyl (C=O) groups excluding carboxylic acids is 1. The zero-order valence-corrected chi connectivity index (χ0v) is 11.8. The predicted octanol–water partition coefficient (Wildman–Crippen LogP) is 2.66. The first-order valence-electron chi connectivity index (χ1n) is 7.14. The van der Waals surface area contributed by atoms with Crippen LogP contribution in [-0.2, 0) is 6.54 Å². The Morgan fingerprint density at radius 2 is 1.67 bits per heavy atom. The van der Waals surface area contributed by atoms with Crippen LogP contribution < -0.4 is 11.5 Å². The van der Waals surface area contributed by atoms with Gasteiger partial charge in [0.1, 0.15) is 0 Å². The highest BCUT2D eigenvalue weighted by molar-refractivity contribution is 5.96. The monoisotopic (exact) mass is 281 g/mol. The lowest BCUT2D eigenvalue weighted by molar-refractivity contribution is 0.0730. The molecule has 1 saturated carbocycles. The van der Waals surface area contributed by atoms with E-state index in [1.54, 1.807) is 18.2 Å². The summed E-state index contributed by atoms with van der Waals surface area (Å²) in [5.41, 5.74) is 14.3. The van der Waals surface area contributed by atoms with Gasteiger partial charge in [-0.15, -0.1) is 0 Å². The lowest BCUT2D eigenvalue weighted by Gasteiger charge is -2.23. The second kappa shape index (κ2) is 5.48. The highest BCUT2D eigenvalue weighted by atomic mass is 16.2. The van der Waals surface area contributed by atoms with Gasteiger partial charge in [0.2, 0.25) is 0 Å². The minimum Gasteiger partial charge on any atom is -0.399 e. The highest BCUT2D eigenvalue weighted by Crippen LogP contribution is 2.30. The third kappa shape index (κ3) is 3.16. The standard InChI is InChI=1S/C17H19N3O/c18-14-8-13(9-15(19)10-14)17(21)20(16-6-7-16)11-12-4-2-1-3-5-12/h1-5,8-10,16H,6-7,11,18-19H2. The van der Waals surface area contributed by atoms with Crippen molar-refractivity contribution in [1.29, 1.82) is 0 Å². The van der Waals surface area contributed by atoms with E-state index in [-0.39, 0.29) is 5.91 Å². The number of nitrogens with zero attached hydrogens (tertiary/aromatic N) is 1. The van der Waals surface area contributed by atoms with Crippen molar-refractivity contribution in [3.8, 4) is 0 Å². The van der Waals surface area contributed by atoms with E-state index in [4.69, 9.17) is 11.5 Å². The molecule has 0 saturated heterocycles. The van der Waals surface area contributed by atoms with E-state index >= 15 is 0 Å². The van der Waals surface area contributed by atoms with Crippen LogP contribution in [-0.4, -0.2) is 16.8 Å². The third-order valence-electron chi connectivity index (χ3n) is 3.67. The van der Waals surface area contributed by atoms with Gasteiger partial charge in [-0.25, -0.2) is 0 Å². The van der Waals surface area contributed by atoms with Crippen LogP contribution in [0.4, 0.5) is 11.4 Å². The summed E-state index contributed by atoms with van der Waals surface area (Å²) < 4.78 is 0. The molecule has 0 unspecified atom stereocenters. The number of amides is 1. The second-order valence-corrected chi connectivity index (χ2v) is 5.54. The zero-order chi connectivity index (χ0) is 14.8. The Morgan fingerprint density at radius 3 is 2.24 bits per heavy atom. The van der Waals surface area contributed by atoms with Crippen LogP contribution in [0.25, 0.3) is 0 Å². The quantitative estimate of drug-likeness (QED) is 0.846. The summed E-state index contributed by atoms with van der Waals surface area (Å²) in [6.45, 7) is 0.624. The molecule has 0 spiro atoms. The van der Waals surface area contributed by atoms with Crippen LogP contribution in [0.1, 0.15) is 28.8 Å². The zero-order valence-electron chi connectivity index (χ0n) is 11.8. The van der Waals surface area contributed by atoms with Gasteiger partial charge < -0.3 is 16.4 Å². The van der Waals surface area contributed by atoms with Gasteiger partial charge in [0, 0.05) is 29.5 Å². The van der Waals surface area contributed by atoms with Crippen molar-refractivity contribution in [2.45, 2.75) is 25.4 Å². The van der Waals surface area contributed by atoms with Gasteiger partial charge in [0.25, 0.3) is 5.91 Å². The summed E-state index contributed by atoms with van der Waals surface area (Å²) in [5, 5.41) is 0. The Hall–Kier alpha value is -2.49. The third-order valence-corrected chi connectivity index (χ3v) is 3.67. The van der Waals surface area contributed by atoms with E-state index in [0.717, 1.165) is 18.4 Å². The first-order chi connectivity index (χ1) is 10.1. The number of hydrogen-bond donors (Lipinski definition) is 2. The Morgan fingerprint density at radius 1 is 1.05 bits per heavy atom. The van der Waals surface area contributed by atoms with Crippen molar-refractivity contribution in [3.63, 3.8) is 0 Å². The van der Waals surface area contributed by atoms with E-state index in [9.17, 15) is 4.79 Å². The fourth-order valence-electron chi connectivity index (χ4n) is 2.50. The molecule has 0 aliphatic heterocycles. The maximum atomic E-state index is 12.7. The molecule has 1 amide bonds. The second-order valence-electron chi connectivity index (χ2n) is 5.54. The molecular weight excluding hydrogens is 262 g/mol. The molecule has 1 fully saturated rings. The predicted molar refractivity (Wildman–Crippen MR) is 84.6 cm³/mol. The van der Waals surface area contributed by atoms with Crippen molar-refractivity contribution < 1.29 is 4.79 Å². The minimum absolute atomic E-state index is 0.000327. The van der Waals surface area contributed by atoms with Crippen molar-refractivity contribution in [1.82, 2.24) is 4.90 Å². The SMILES string of the molecule is Nc1cc(N)cc(C(=O)N(Cc2ccccc2)C2CC2)c1. The Labute approximate surface area is 124 Å². The van der Waals surface area contributed by atoms with Crippen molar-refractivity contribution in [3.05, 3.63) is 59.7 Å². The number of anilines is 2. The van der Waals surface area contributed by atoms with Crippen molar-refractivity contribution in [2.75, 3.05) is 11.5 Å². The summed E-state index contributed by atoms with van der Waals surface area (Å²) in [4.78, 5) is 14.7. The van der Waals surface area contributed by atoms with Crippen LogP contribution >= 0.6 is 0 Å². The molecule has 108 valence electrons. The van der Waals surface area contributed by atoms with Gasteiger partial charge in [-0.3, -0.25) is 4.79 Å². The van der Waals surface area contributed by atoms with Crippen LogP contribution in [0.3, 0.4) is 0 Å². The van der Waals surface area contributed by atoms with Crippen molar-refractivity contribution in [2.24, 2.45) is 0 Å². The molecular formula is C17H19N3O. The molecule has 2 aromatic rings. The fraction of sp³-hybridized carbons (Fsp3) is 0.235. The summed E-state index contributed by atoms with van der Waals surface area (Å²) >= 11 is 0. The lowest BCUT2D eigenvalue weighted by atomic mass is 10.1. The maximum Gasteiger partial charge on any atom is 0.254 e. The smallest absolute Gasteiger partial charge is 0.254 e. The van der Waals surface area contributed by atoms with Gasteiger partial charge in [0.05, 0.1) is 0 Å². The van der Waals surface area contributed by atoms with Crippen LogP contribution in [0.5, 0.6) is 0 Å². The molecule has 2 aromatic carbocycles. The van der Waals surface area contributed by atoms with Gasteiger partial charge in [-0.05, 0) is 36.6 Å². The first kappa shape index (κ1) is 13.5. The Kier molecular flexibility index (Phi) is 3.52. The topological polar surface area (TPSA) is 72.3 Å². The molecule has 4 nitrogen and oxygen atoms in total. The highest BCUT2D eigenvalue weighted by Gasteiger charge is 2.33. The normalized spacial score (nSPS) is 13.9. The largest absolute Gasteiger partial charge is 0.399 e. The molecule has 0 bridgehead atoms. The Bertz CT molecular complexity index is 630. The van der Waals surface area contributed by atoms with Gasteiger partial charge in [0.15, 0.2) is 0 Å². The van der Waals surface area contributed by atoms with Crippen LogP contribution in [0, 0.1) is 0 Å². The number of carbonyl (C=O) groups is 1. The summed E-state index contributed by atoms with van der Waals surface area (Å²) in [6.07, 6.45) is 2.13. The number of benzene rings is 2. The van der Waals surface area contributed by atoms with Gasteiger partial charge >= 0.3 is 0 Å². The van der Waals surface area contributed by atoms with Crippen LogP contribution in [0.15, 0.2) is 48.5 Å². The number of nitrogens with two attached hydrogens (primary N) is 2. The van der Waals surface area contributed by atoms with Gasteiger partial charge in [-0.2, -0.15) is 0 Å². The summed E-state index contributed by atoms with van der Waals surface area (Å²) in [7, 11) is 0. The summed E-state index contributed by atoms with van der Waals surface area (Å²) in [5.74, 6) is 0.000327.